The second-order valence-corrected chi connectivity index (χ2v) is 8.21. The van der Waals surface area contributed by atoms with Crippen LogP contribution < -0.4 is 5.32 Å². The molecule has 0 radical (unpaired) electrons. The highest BCUT2D eigenvalue weighted by molar-refractivity contribution is 5.76. The molecule has 2 aromatic rings. The Bertz CT molecular complexity index is 780. The van der Waals surface area contributed by atoms with Gasteiger partial charge in [0.15, 0.2) is 0 Å². The second-order valence-electron chi connectivity index (χ2n) is 8.21. The molecule has 4 heteroatoms. The second kappa shape index (κ2) is 7.26. The molecule has 0 aliphatic heterocycles. The van der Waals surface area contributed by atoms with Crippen LogP contribution in [0.3, 0.4) is 0 Å². The quantitative estimate of drug-likeness (QED) is 0.855. The lowest BCUT2D eigenvalue weighted by Crippen LogP contribution is -2.27. The normalized spacial score (nSPS) is 24.2. The number of aryl methyl sites for hydroxylation is 1. The Morgan fingerprint density at radius 2 is 2.00 bits per heavy atom. The minimum absolute atomic E-state index is 0.206. The Morgan fingerprint density at radius 1 is 1.19 bits per heavy atom. The number of nitrogens with zero attached hydrogens (tertiary/aromatic N) is 2. The van der Waals surface area contributed by atoms with Gasteiger partial charge in [0, 0.05) is 24.2 Å². The van der Waals surface area contributed by atoms with E-state index >= 15 is 0 Å². The topological polar surface area (TPSA) is 46.9 Å². The van der Waals surface area contributed by atoms with Crippen LogP contribution in [0.25, 0.3) is 0 Å². The van der Waals surface area contributed by atoms with Gasteiger partial charge in [0.2, 0.25) is 5.91 Å². The first-order valence-electron chi connectivity index (χ1n) is 9.93. The summed E-state index contributed by atoms with van der Waals surface area (Å²) in [4.78, 5) is 12.4. The Hall–Kier alpha value is -2.10. The molecule has 138 valence electrons. The molecule has 2 fully saturated rings. The van der Waals surface area contributed by atoms with Crippen molar-refractivity contribution in [3.8, 4) is 0 Å². The van der Waals surface area contributed by atoms with Crippen molar-refractivity contribution < 1.29 is 4.79 Å². The number of rotatable bonds is 6. The number of carbonyl (C=O) groups is 1. The highest BCUT2D eigenvalue weighted by atomic mass is 16.1. The summed E-state index contributed by atoms with van der Waals surface area (Å²) in [7, 11) is 0. The largest absolute Gasteiger partial charge is 0.352 e. The summed E-state index contributed by atoms with van der Waals surface area (Å²) in [5.74, 6) is 2.54. The number of nitrogens with one attached hydrogen (secondary N) is 1. The first-order chi connectivity index (χ1) is 12.6. The fourth-order valence-electron chi connectivity index (χ4n) is 5.02. The van der Waals surface area contributed by atoms with Crippen molar-refractivity contribution in [2.75, 3.05) is 0 Å². The monoisotopic (exact) mass is 351 g/mol. The fourth-order valence-corrected chi connectivity index (χ4v) is 5.02. The summed E-state index contributed by atoms with van der Waals surface area (Å²) in [6.45, 7) is 5.49. The van der Waals surface area contributed by atoms with Gasteiger partial charge < -0.3 is 5.32 Å². The number of hydrogen-bond donors (Lipinski definition) is 1. The first-order valence-corrected chi connectivity index (χ1v) is 9.93. The highest BCUT2D eigenvalue weighted by Crippen LogP contribution is 2.49. The number of benzene rings is 1. The SMILES string of the molecule is Cc1nn(Cc2ccccc2)c(C)c1CNC(=O)C[C@H]1C[C@H]2CC[C@@H]1C2. The molecule has 0 spiro atoms. The zero-order valence-electron chi connectivity index (χ0n) is 15.9. The van der Waals surface area contributed by atoms with E-state index in [0.29, 0.717) is 18.9 Å². The Balaban J connectivity index is 1.35. The third kappa shape index (κ3) is 3.55. The van der Waals surface area contributed by atoms with E-state index in [1.165, 1.54) is 31.2 Å². The van der Waals surface area contributed by atoms with Gasteiger partial charge in [-0.15, -0.1) is 0 Å². The summed E-state index contributed by atoms with van der Waals surface area (Å²) < 4.78 is 2.04. The molecule has 2 aliphatic carbocycles. The third-order valence-corrected chi connectivity index (χ3v) is 6.50. The van der Waals surface area contributed by atoms with Crippen LogP contribution in [0.15, 0.2) is 30.3 Å². The number of fused-ring (bicyclic) bond motifs is 2. The Morgan fingerprint density at radius 3 is 2.69 bits per heavy atom. The van der Waals surface area contributed by atoms with Crippen LogP contribution in [-0.2, 0) is 17.9 Å². The van der Waals surface area contributed by atoms with Crippen molar-refractivity contribution in [3.05, 3.63) is 52.8 Å². The van der Waals surface area contributed by atoms with Crippen molar-refractivity contribution in [1.29, 1.82) is 0 Å². The summed E-state index contributed by atoms with van der Waals surface area (Å²) >= 11 is 0. The van der Waals surface area contributed by atoms with Gasteiger partial charge in [-0.25, -0.2) is 0 Å². The molecule has 1 amide bonds. The van der Waals surface area contributed by atoms with Crippen molar-refractivity contribution >= 4 is 5.91 Å². The summed E-state index contributed by atoms with van der Waals surface area (Å²) in [6.07, 6.45) is 6.07. The molecule has 4 rings (SSSR count). The highest BCUT2D eigenvalue weighted by Gasteiger charge is 2.40. The number of amides is 1. The molecule has 0 unspecified atom stereocenters. The predicted octanol–water partition coefficient (Wildman–Crippen LogP) is 3.99. The molecule has 1 heterocycles. The average molecular weight is 351 g/mol. The molecule has 4 nitrogen and oxygen atoms in total. The zero-order chi connectivity index (χ0) is 18.1. The third-order valence-electron chi connectivity index (χ3n) is 6.50. The van der Waals surface area contributed by atoms with Gasteiger partial charge in [-0.2, -0.15) is 5.10 Å². The molecule has 1 N–H and O–H groups in total. The van der Waals surface area contributed by atoms with Gasteiger partial charge >= 0.3 is 0 Å². The Kier molecular flexibility index (Phi) is 4.84. The molecule has 1 aromatic carbocycles. The van der Waals surface area contributed by atoms with E-state index in [-0.39, 0.29) is 5.91 Å². The van der Waals surface area contributed by atoms with Gasteiger partial charge in [-0.3, -0.25) is 9.48 Å². The molecule has 2 aliphatic rings. The van der Waals surface area contributed by atoms with E-state index in [2.05, 4.69) is 41.6 Å². The molecule has 2 bridgehead atoms. The van der Waals surface area contributed by atoms with Crippen LogP contribution >= 0.6 is 0 Å². The van der Waals surface area contributed by atoms with E-state index in [0.717, 1.165) is 35.3 Å². The molecule has 3 atom stereocenters. The van der Waals surface area contributed by atoms with Gasteiger partial charge in [0.05, 0.1) is 12.2 Å². The fraction of sp³-hybridized carbons (Fsp3) is 0.545. The van der Waals surface area contributed by atoms with Crippen molar-refractivity contribution in [3.63, 3.8) is 0 Å². The van der Waals surface area contributed by atoms with Crippen molar-refractivity contribution in [2.24, 2.45) is 17.8 Å². The maximum Gasteiger partial charge on any atom is 0.220 e. The molecular weight excluding hydrogens is 322 g/mol. The lowest BCUT2D eigenvalue weighted by atomic mass is 9.86. The van der Waals surface area contributed by atoms with E-state index in [4.69, 9.17) is 0 Å². The van der Waals surface area contributed by atoms with Crippen LogP contribution in [-0.4, -0.2) is 15.7 Å². The van der Waals surface area contributed by atoms with E-state index < -0.39 is 0 Å². The lowest BCUT2D eigenvalue weighted by Gasteiger charge is -2.20. The van der Waals surface area contributed by atoms with E-state index in [1.807, 2.05) is 17.7 Å². The molecule has 1 aromatic heterocycles. The van der Waals surface area contributed by atoms with Crippen LogP contribution in [0, 0.1) is 31.6 Å². The van der Waals surface area contributed by atoms with Gasteiger partial charge in [0.1, 0.15) is 0 Å². The number of carbonyl (C=O) groups excluding carboxylic acids is 1. The van der Waals surface area contributed by atoms with E-state index in [1.54, 1.807) is 0 Å². The maximum atomic E-state index is 12.4. The molecule has 0 saturated heterocycles. The van der Waals surface area contributed by atoms with Gasteiger partial charge in [-0.05, 0) is 56.4 Å². The summed E-state index contributed by atoms with van der Waals surface area (Å²) in [5, 5.41) is 7.84. The first kappa shape index (κ1) is 17.3. The number of hydrogen-bond acceptors (Lipinski definition) is 2. The standard InChI is InChI=1S/C22H29N3O/c1-15-21(16(2)25(24-15)14-17-6-4-3-5-7-17)13-23-22(26)12-20-11-18-8-9-19(20)10-18/h3-7,18-20H,8-14H2,1-2H3,(H,23,26)/t18-,19+,20+/m0/s1. The van der Waals surface area contributed by atoms with Crippen LogP contribution in [0.5, 0.6) is 0 Å². The van der Waals surface area contributed by atoms with Crippen molar-refractivity contribution in [1.82, 2.24) is 15.1 Å². The van der Waals surface area contributed by atoms with Crippen molar-refractivity contribution in [2.45, 2.75) is 59.0 Å². The Labute approximate surface area is 156 Å². The smallest absolute Gasteiger partial charge is 0.220 e. The van der Waals surface area contributed by atoms with Crippen LogP contribution in [0.1, 0.15) is 54.6 Å². The minimum atomic E-state index is 0.206. The zero-order valence-corrected chi connectivity index (χ0v) is 15.9. The average Bonchev–Trinajstić information content (AvgIpc) is 3.31. The van der Waals surface area contributed by atoms with Crippen LogP contribution in [0.2, 0.25) is 0 Å². The molecule has 26 heavy (non-hydrogen) atoms. The lowest BCUT2D eigenvalue weighted by molar-refractivity contribution is -0.122. The summed E-state index contributed by atoms with van der Waals surface area (Å²) in [6, 6.07) is 10.4. The van der Waals surface area contributed by atoms with Gasteiger partial charge in [-0.1, -0.05) is 36.8 Å². The maximum absolute atomic E-state index is 12.4. The predicted molar refractivity (Wildman–Crippen MR) is 103 cm³/mol. The summed E-state index contributed by atoms with van der Waals surface area (Å²) in [5.41, 5.74) is 4.55. The van der Waals surface area contributed by atoms with Gasteiger partial charge in [0.25, 0.3) is 0 Å². The van der Waals surface area contributed by atoms with E-state index in [9.17, 15) is 4.79 Å². The molecular formula is C22H29N3O. The van der Waals surface area contributed by atoms with Crippen LogP contribution in [0.4, 0.5) is 0 Å². The minimum Gasteiger partial charge on any atom is -0.352 e. The molecule has 2 saturated carbocycles. The number of aromatic nitrogens is 2.